The predicted molar refractivity (Wildman–Crippen MR) is 70.4 cm³/mol. The summed E-state index contributed by atoms with van der Waals surface area (Å²) in [5.74, 6) is -1.24. The zero-order valence-electron chi connectivity index (χ0n) is 12.0. The quantitative estimate of drug-likeness (QED) is 0.799. The summed E-state index contributed by atoms with van der Waals surface area (Å²) in [6.07, 6.45) is -1.80. The van der Waals surface area contributed by atoms with Gasteiger partial charge in [0.2, 0.25) is 11.8 Å². The monoisotopic (exact) mass is 306 g/mol. The SMILES string of the molecule is O=C1CCCN1CCCC(=O)N1CCC(C(F)(F)F)CC1. The largest absolute Gasteiger partial charge is 0.391 e. The van der Waals surface area contributed by atoms with Gasteiger partial charge in [0.05, 0.1) is 5.92 Å². The number of amides is 2. The van der Waals surface area contributed by atoms with Crippen molar-refractivity contribution in [3.05, 3.63) is 0 Å². The van der Waals surface area contributed by atoms with Crippen molar-refractivity contribution in [2.75, 3.05) is 26.2 Å². The Hall–Kier alpha value is -1.27. The molecule has 0 aromatic carbocycles. The van der Waals surface area contributed by atoms with Crippen molar-refractivity contribution >= 4 is 11.8 Å². The normalized spacial score (nSPS) is 21.2. The highest BCUT2D eigenvalue weighted by Gasteiger charge is 2.41. The summed E-state index contributed by atoms with van der Waals surface area (Å²) in [6, 6.07) is 0. The lowest BCUT2D eigenvalue weighted by molar-refractivity contribution is -0.186. The van der Waals surface area contributed by atoms with Crippen LogP contribution in [0.2, 0.25) is 0 Å². The number of carbonyl (C=O) groups is 2. The summed E-state index contributed by atoms with van der Waals surface area (Å²) < 4.78 is 37.6. The number of hydrogen-bond acceptors (Lipinski definition) is 2. The zero-order valence-corrected chi connectivity index (χ0v) is 12.0. The molecule has 2 amide bonds. The van der Waals surface area contributed by atoms with Gasteiger partial charge in [0.25, 0.3) is 0 Å². The average molecular weight is 306 g/mol. The topological polar surface area (TPSA) is 40.6 Å². The average Bonchev–Trinajstić information content (AvgIpc) is 2.83. The van der Waals surface area contributed by atoms with Gasteiger partial charge in [0.15, 0.2) is 0 Å². The summed E-state index contributed by atoms with van der Waals surface area (Å²) in [7, 11) is 0. The first kappa shape index (κ1) is 16.1. The third-order valence-electron chi connectivity index (χ3n) is 4.30. The van der Waals surface area contributed by atoms with E-state index in [1.54, 1.807) is 4.90 Å². The van der Waals surface area contributed by atoms with E-state index >= 15 is 0 Å². The number of hydrogen-bond donors (Lipinski definition) is 0. The van der Waals surface area contributed by atoms with Crippen LogP contribution >= 0.6 is 0 Å². The van der Waals surface area contributed by atoms with Gasteiger partial charge in [-0.25, -0.2) is 0 Å². The van der Waals surface area contributed by atoms with Gasteiger partial charge >= 0.3 is 6.18 Å². The molecule has 2 rings (SSSR count). The van der Waals surface area contributed by atoms with Gasteiger partial charge in [-0.05, 0) is 25.7 Å². The van der Waals surface area contributed by atoms with Crippen LogP contribution in [0.1, 0.15) is 38.5 Å². The van der Waals surface area contributed by atoms with Gasteiger partial charge in [0, 0.05) is 39.0 Å². The van der Waals surface area contributed by atoms with E-state index in [9.17, 15) is 22.8 Å². The number of carbonyl (C=O) groups excluding carboxylic acids is 2. The van der Waals surface area contributed by atoms with Gasteiger partial charge in [0.1, 0.15) is 0 Å². The second-order valence-electron chi connectivity index (χ2n) is 5.78. The Kier molecular flexibility index (Phi) is 5.11. The summed E-state index contributed by atoms with van der Waals surface area (Å²) >= 11 is 0. The fourth-order valence-corrected chi connectivity index (χ4v) is 2.98. The van der Waals surface area contributed by atoms with Crippen molar-refractivity contribution in [1.82, 2.24) is 9.80 Å². The number of piperidine rings is 1. The fraction of sp³-hybridized carbons (Fsp3) is 0.857. The van der Waals surface area contributed by atoms with Crippen molar-refractivity contribution in [3.63, 3.8) is 0 Å². The Morgan fingerprint density at radius 2 is 1.86 bits per heavy atom. The molecule has 0 atom stereocenters. The molecule has 0 unspecified atom stereocenters. The van der Waals surface area contributed by atoms with E-state index in [-0.39, 0.29) is 37.7 Å². The molecule has 0 N–H and O–H groups in total. The summed E-state index contributed by atoms with van der Waals surface area (Å²) in [5, 5.41) is 0. The van der Waals surface area contributed by atoms with Crippen LogP contribution in [0.15, 0.2) is 0 Å². The van der Waals surface area contributed by atoms with E-state index < -0.39 is 12.1 Å². The molecular formula is C14H21F3N2O2. The van der Waals surface area contributed by atoms with Crippen LogP contribution in [0, 0.1) is 5.92 Å². The molecular weight excluding hydrogens is 285 g/mol. The van der Waals surface area contributed by atoms with Crippen LogP contribution in [0.25, 0.3) is 0 Å². The minimum absolute atomic E-state index is 0.000148. The lowest BCUT2D eigenvalue weighted by atomic mass is 9.96. The molecule has 0 aliphatic carbocycles. The first-order valence-electron chi connectivity index (χ1n) is 7.50. The van der Waals surface area contributed by atoms with Crippen molar-refractivity contribution in [3.8, 4) is 0 Å². The molecule has 4 nitrogen and oxygen atoms in total. The Morgan fingerprint density at radius 1 is 1.19 bits per heavy atom. The fourth-order valence-electron chi connectivity index (χ4n) is 2.98. The molecule has 0 bridgehead atoms. The number of alkyl halides is 3. The van der Waals surface area contributed by atoms with Crippen LogP contribution in [0.3, 0.4) is 0 Å². The van der Waals surface area contributed by atoms with Crippen LogP contribution in [0.4, 0.5) is 13.2 Å². The molecule has 0 spiro atoms. The smallest absolute Gasteiger partial charge is 0.343 e. The Bertz CT molecular complexity index is 390. The maximum absolute atomic E-state index is 12.5. The third kappa shape index (κ3) is 4.35. The van der Waals surface area contributed by atoms with E-state index in [0.29, 0.717) is 25.8 Å². The van der Waals surface area contributed by atoms with E-state index in [4.69, 9.17) is 0 Å². The lowest BCUT2D eigenvalue weighted by Crippen LogP contribution is -2.42. The van der Waals surface area contributed by atoms with Crippen molar-refractivity contribution in [2.24, 2.45) is 5.92 Å². The van der Waals surface area contributed by atoms with Crippen molar-refractivity contribution in [1.29, 1.82) is 0 Å². The summed E-state index contributed by atoms with van der Waals surface area (Å²) in [4.78, 5) is 26.6. The van der Waals surface area contributed by atoms with Crippen molar-refractivity contribution < 1.29 is 22.8 Å². The lowest BCUT2D eigenvalue weighted by Gasteiger charge is -2.33. The Labute approximate surface area is 122 Å². The zero-order chi connectivity index (χ0) is 15.5. The van der Waals surface area contributed by atoms with Gasteiger partial charge in [-0.15, -0.1) is 0 Å². The third-order valence-corrected chi connectivity index (χ3v) is 4.30. The number of likely N-dealkylation sites (tertiary alicyclic amines) is 2. The molecule has 120 valence electrons. The molecule has 0 aromatic rings. The Morgan fingerprint density at radius 3 is 2.38 bits per heavy atom. The minimum atomic E-state index is -4.15. The maximum Gasteiger partial charge on any atom is 0.391 e. The highest BCUT2D eigenvalue weighted by atomic mass is 19.4. The molecule has 2 aliphatic heterocycles. The molecule has 2 heterocycles. The van der Waals surface area contributed by atoms with Crippen LogP contribution in [-0.4, -0.2) is 54.0 Å². The summed E-state index contributed by atoms with van der Waals surface area (Å²) in [5.41, 5.74) is 0. The number of nitrogens with zero attached hydrogens (tertiary/aromatic N) is 2. The minimum Gasteiger partial charge on any atom is -0.343 e. The number of rotatable bonds is 4. The first-order valence-corrected chi connectivity index (χ1v) is 7.50. The van der Waals surface area contributed by atoms with E-state index in [1.807, 2.05) is 0 Å². The van der Waals surface area contributed by atoms with E-state index in [1.165, 1.54) is 4.90 Å². The van der Waals surface area contributed by atoms with Gasteiger partial charge in [-0.2, -0.15) is 13.2 Å². The van der Waals surface area contributed by atoms with Crippen molar-refractivity contribution in [2.45, 2.75) is 44.7 Å². The maximum atomic E-state index is 12.5. The standard InChI is InChI=1S/C14H21F3N2O2/c15-14(16,17)11-5-9-19(10-6-11)13(21)4-2-8-18-7-1-3-12(18)20/h11H,1-10H2. The second-order valence-corrected chi connectivity index (χ2v) is 5.78. The molecule has 7 heteroatoms. The first-order chi connectivity index (χ1) is 9.88. The Balaban J connectivity index is 1.67. The molecule has 0 saturated carbocycles. The van der Waals surface area contributed by atoms with Gasteiger partial charge < -0.3 is 9.80 Å². The molecule has 21 heavy (non-hydrogen) atoms. The van der Waals surface area contributed by atoms with Crippen LogP contribution < -0.4 is 0 Å². The molecule has 0 aromatic heterocycles. The van der Waals surface area contributed by atoms with Gasteiger partial charge in [-0.3, -0.25) is 9.59 Å². The number of halogens is 3. The van der Waals surface area contributed by atoms with Crippen LogP contribution in [-0.2, 0) is 9.59 Å². The van der Waals surface area contributed by atoms with E-state index in [0.717, 1.165) is 13.0 Å². The molecule has 2 saturated heterocycles. The van der Waals surface area contributed by atoms with Crippen LogP contribution in [0.5, 0.6) is 0 Å². The predicted octanol–water partition coefficient (Wildman–Crippen LogP) is 2.19. The highest BCUT2D eigenvalue weighted by molar-refractivity contribution is 5.78. The molecule has 2 fully saturated rings. The second kappa shape index (κ2) is 6.66. The van der Waals surface area contributed by atoms with E-state index in [2.05, 4.69) is 0 Å². The molecule has 2 aliphatic rings. The summed E-state index contributed by atoms with van der Waals surface area (Å²) in [6.45, 7) is 1.70. The highest BCUT2D eigenvalue weighted by Crippen LogP contribution is 2.34. The molecule has 0 radical (unpaired) electrons. The van der Waals surface area contributed by atoms with Gasteiger partial charge in [-0.1, -0.05) is 0 Å².